The molecule has 0 aliphatic carbocycles. The second kappa shape index (κ2) is 5.32. The standard InChI is InChI=1S/C15H20N2O3/c1-19-13-6-3-2-5-12(13)17-14(18)20-11-15(17)7-4-9-16-10-8-15/h2-3,5-6,16H,4,7-11H2,1H3. The number of carbonyl (C=O) groups is 1. The van der Waals surface area contributed by atoms with Gasteiger partial charge >= 0.3 is 6.09 Å². The van der Waals surface area contributed by atoms with Crippen molar-refractivity contribution < 1.29 is 14.3 Å². The molecule has 0 aromatic heterocycles. The number of nitrogens with one attached hydrogen (secondary N) is 1. The number of rotatable bonds is 2. The van der Waals surface area contributed by atoms with Gasteiger partial charge in [-0.1, -0.05) is 12.1 Å². The SMILES string of the molecule is COc1ccccc1N1C(=O)OCC12CCCNCC2. The van der Waals surface area contributed by atoms with E-state index in [1.54, 1.807) is 12.0 Å². The highest BCUT2D eigenvalue weighted by atomic mass is 16.6. The van der Waals surface area contributed by atoms with Crippen molar-refractivity contribution in [3.63, 3.8) is 0 Å². The molecular weight excluding hydrogens is 256 g/mol. The van der Waals surface area contributed by atoms with Crippen LogP contribution in [0.3, 0.4) is 0 Å². The Balaban J connectivity index is 2.01. The van der Waals surface area contributed by atoms with E-state index < -0.39 is 0 Å². The summed E-state index contributed by atoms with van der Waals surface area (Å²) < 4.78 is 10.8. The average Bonchev–Trinajstić information content (AvgIpc) is 2.65. The maximum atomic E-state index is 12.3. The van der Waals surface area contributed by atoms with E-state index in [1.807, 2.05) is 24.3 Å². The van der Waals surface area contributed by atoms with Crippen molar-refractivity contribution in [1.82, 2.24) is 5.32 Å². The van der Waals surface area contributed by atoms with Crippen LogP contribution in [0.4, 0.5) is 10.5 Å². The van der Waals surface area contributed by atoms with Gasteiger partial charge in [0, 0.05) is 0 Å². The Bertz CT molecular complexity index is 496. The lowest BCUT2D eigenvalue weighted by Gasteiger charge is -2.35. The fraction of sp³-hybridized carbons (Fsp3) is 0.533. The highest BCUT2D eigenvalue weighted by molar-refractivity contribution is 5.93. The molecule has 108 valence electrons. The van der Waals surface area contributed by atoms with E-state index in [0.29, 0.717) is 12.4 Å². The van der Waals surface area contributed by atoms with Crippen molar-refractivity contribution in [2.45, 2.75) is 24.8 Å². The van der Waals surface area contributed by atoms with Crippen molar-refractivity contribution in [1.29, 1.82) is 0 Å². The molecule has 3 rings (SSSR count). The molecule has 1 aromatic carbocycles. The van der Waals surface area contributed by atoms with Crippen LogP contribution in [-0.2, 0) is 4.74 Å². The first-order chi connectivity index (χ1) is 9.77. The topological polar surface area (TPSA) is 50.8 Å². The van der Waals surface area contributed by atoms with Gasteiger partial charge in [-0.2, -0.15) is 0 Å². The summed E-state index contributed by atoms with van der Waals surface area (Å²) in [6, 6.07) is 7.63. The molecule has 2 fully saturated rings. The summed E-state index contributed by atoms with van der Waals surface area (Å²) in [6.07, 6.45) is 2.62. The smallest absolute Gasteiger partial charge is 0.415 e. The van der Waals surface area contributed by atoms with Crippen LogP contribution in [0.1, 0.15) is 19.3 Å². The molecule has 0 saturated carbocycles. The normalized spacial score (nSPS) is 26.4. The molecular formula is C15H20N2O3. The minimum Gasteiger partial charge on any atom is -0.495 e. The number of cyclic esters (lactones) is 1. The highest BCUT2D eigenvalue weighted by Gasteiger charge is 2.48. The van der Waals surface area contributed by atoms with E-state index in [-0.39, 0.29) is 11.6 Å². The largest absolute Gasteiger partial charge is 0.495 e. The van der Waals surface area contributed by atoms with Gasteiger partial charge in [0.05, 0.1) is 18.3 Å². The molecule has 1 unspecified atom stereocenters. The molecule has 0 radical (unpaired) electrons. The van der Waals surface area contributed by atoms with E-state index in [9.17, 15) is 4.79 Å². The third-order valence-corrected chi connectivity index (χ3v) is 4.21. The summed E-state index contributed by atoms with van der Waals surface area (Å²) in [6.45, 7) is 2.36. The Morgan fingerprint density at radius 3 is 3.00 bits per heavy atom. The number of carbonyl (C=O) groups excluding carboxylic acids is 1. The van der Waals surface area contributed by atoms with Gasteiger partial charge in [0.15, 0.2) is 0 Å². The number of para-hydroxylation sites is 2. The van der Waals surface area contributed by atoms with E-state index >= 15 is 0 Å². The van der Waals surface area contributed by atoms with Crippen LogP contribution in [0.15, 0.2) is 24.3 Å². The van der Waals surface area contributed by atoms with Gasteiger partial charge in [-0.25, -0.2) is 4.79 Å². The minimum absolute atomic E-state index is 0.241. The first-order valence-electron chi connectivity index (χ1n) is 7.08. The van der Waals surface area contributed by atoms with Crippen LogP contribution in [0.2, 0.25) is 0 Å². The quantitative estimate of drug-likeness (QED) is 0.899. The molecule has 5 nitrogen and oxygen atoms in total. The van der Waals surface area contributed by atoms with E-state index in [0.717, 1.165) is 38.0 Å². The van der Waals surface area contributed by atoms with Crippen molar-refractivity contribution in [3.05, 3.63) is 24.3 Å². The third-order valence-electron chi connectivity index (χ3n) is 4.21. The van der Waals surface area contributed by atoms with Crippen LogP contribution >= 0.6 is 0 Å². The van der Waals surface area contributed by atoms with Crippen molar-refractivity contribution >= 4 is 11.8 Å². The first-order valence-corrected chi connectivity index (χ1v) is 7.08. The Kier molecular flexibility index (Phi) is 3.53. The van der Waals surface area contributed by atoms with Crippen LogP contribution < -0.4 is 15.0 Å². The maximum absolute atomic E-state index is 12.3. The number of nitrogens with zero attached hydrogens (tertiary/aromatic N) is 1. The van der Waals surface area contributed by atoms with Gasteiger partial charge in [0.25, 0.3) is 0 Å². The third kappa shape index (κ3) is 2.12. The number of amides is 1. The lowest BCUT2D eigenvalue weighted by Crippen LogP contribution is -2.48. The van der Waals surface area contributed by atoms with Crippen LogP contribution in [0.5, 0.6) is 5.75 Å². The Labute approximate surface area is 118 Å². The number of benzene rings is 1. The summed E-state index contributed by atoms with van der Waals surface area (Å²) in [5, 5.41) is 3.39. The van der Waals surface area contributed by atoms with E-state index in [2.05, 4.69) is 5.32 Å². The number of methoxy groups -OCH3 is 1. The van der Waals surface area contributed by atoms with Crippen LogP contribution in [0.25, 0.3) is 0 Å². The van der Waals surface area contributed by atoms with Crippen molar-refractivity contribution in [3.8, 4) is 5.75 Å². The predicted molar refractivity (Wildman–Crippen MR) is 76.3 cm³/mol. The highest BCUT2D eigenvalue weighted by Crippen LogP contribution is 2.41. The summed E-state index contributed by atoms with van der Waals surface area (Å²) in [4.78, 5) is 14.1. The second-order valence-electron chi connectivity index (χ2n) is 5.39. The molecule has 2 saturated heterocycles. The maximum Gasteiger partial charge on any atom is 0.415 e. The number of anilines is 1. The Morgan fingerprint density at radius 2 is 2.15 bits per heavy atom. The zero-order valence-corrected chi connectivity index (χ0v) is 11.7. The molecule has 20 heavy (non-hydrogen) atoms. The molecule has 1 N–H and O–H groups in total. The van der Waals surface area contributed by atoms with E-state index in [4.69, 9.17) is 9.47 Å². The van der Waals surface area contributed by atoms with Crippen molar-refractivity contribution in [2.75, 3.05) is 31.7 Å². The average molecular weight is 276 g/mol. The van der Waals surface area contributed by atoms with Gasteiger partial charge in [-0.3, -0.25) is 4.90 Å². The fourth-order valence-electron chi connectivity index (χ4n) is 3.17. The van der Waals surface area contributed by atoms with Crippen molar-refractivity contribution in [2.24, 2.45) is 0 Å². The summed E-state index contributed by atoms with van der Waals surface area (Å²) >= 11 is 0. The molecule has 1 atom stereocenters. The second-order valence-corrected chi connectivity index (χ2v) is 5.39. The predicted octanol–water partition coefficient (Wildman–Crippen LogP) is 2.16. The zero-order chi connectivity index (χ0) is 14.0. The molecule has 2 aliphatic rings. The van der Waals surface area contributed by atoms with Gasteiger partial charge in [0.1, 0.15) is 12.4 Å². The molecule has 1 aromatic rings. The monoisotopic (exact) mass is 276 g/mol. The molecule has 2 heterocycles. The molecule has 5 heteroatoms. The molecule has 2 aliphatic heterocycles. The number of hydrogen-bond acceptors (Lipinski definition) is 4. The summed E-state index contributed by atoms with van der Waals surface area (Å²) in [5.41, 5.74) is 0.564. The Hall–Kier alpha value is -1.75. The molecule has 1 amide bonds. The van der Waals surface area contributed by atoms with Gasteiger partial charge in [0.2, 0.25) is 0 Å². The lowest BCUT2D eigenvalue weighted by molar-refractivity contribution is 0.170. The first kappa shape index (κ1) is 13.2. The minimum atomic E-state index is -0.267. The van der Waals surface area contributed by atoms with E-state index in [1.165, 1.54) is 0 Å². The fourth-order valence-corrected chi connectivity index (χ4v) is 3.17. The molecule has 1 spiro atoms. The molecule has 0 bridgehead atoms. The Morgan fingerprint density at radius 1 is 1.30 bits per heavy atom. The number of hydrogen-bond donors (Lipinski definition) is 1. The van der Waals surface area contributed by atoms with Crippen LogP contribution in [-0.4, -0.2) is 38.4 Å². The zero-order valence-electron chi connectivity index (χ0n) is 11.7. The van der Waals surface area contributed by atoms with Gasteiger partial charge < -0.3 is 14.8 Å². The lowest BCUT2D eigenvalue weighted by atomic mass is 9.90. The summed E-state index contributed by atoms with van der Waals surface area (Å²) in [5.74, 6) is 0.711. The van der Waals surface area contributed by atoms with Gasteiger partial charge in [-0.15, -0.1) is 0 Å². The van der Waals surface area contributed by atoms with Crippen LogP contribution in [0, 0.1) is 0 Å². The number of ether oxygens (including phenoxy) is 2. The summed E-state index contributed by atoms with van der Waals surface area (Å²) in [7, 11) is 1.63. The van der Waals surface area contributed by atoms with Gasteiger partial charge in [-0.05, 0) is 44.5 Å².